The number of hydrogen-bond acceptors (Lipinski definition) is 2. The van der Waals surface area contributed by atoms with E-state index in [2.05, 4.69) is 49.5 Å². The van der Waals surface area contributed by atoms with Crippen LogP contribution >= 0.6 is 0 Å². The number of rotatable bonds is 5. The molecule has 0 aromatic heterocycles. The summed E-state index contributed by atoms with van der Waals surface area (Å²) in [7, 11) is 0. The summed E-state index contributed by atoms with van der Waals surface area (Å²) in [5, 5.41) is 3.18. The number of carbonyl (C=O) groups is 1. The Kier molecular flexibility index (Phi) is 5.38. The van der Waals surface area contributed by atoms with Crippen molar-refractivity contribution in [1.82, 2.24) is 5.32 Å². The molecule has 1 fully saturated rings. The Morgan fingerprint density at radius 2 is 1.83 bits per heavy atom. The summed E-state index contributed by atoms with van der Waals surface area (Å²) in [6.07, 6.45) is 4.15. The first-order chi connectivity index (χ1) is 10.7. The highest BCUT2D eigenvalue weighted by Crippen LogP contribution is 2.48. The Hall–Kier alpha value is -1.51. The lowest BCUT2D eigenvalue weighted by molar-refractivity contribution is 0.0421. The van der Waals surface area contributed by atoms with Gasteiger partial charge in [0.1, 0.15) is 5.60 Å². The zero-order valence-corrected chi connectivity index (χ0v) is 15.2. The highest BCUT2D eigenvalue weighted by Gasteiger charge is 2.46. The van der Waals surface area contributed by atoms with Crippen LogP contribution in [0.4, 0.5) is 4.79 Å². The fourth-order valence-electron chi connectivity index (χ4n) is 3.51. The van der Waals surface area contributed by atoms with E-state index in [9.17, 15) is 4.79 Å². The predicted octanol–water partition coefficient (Wildman–Crippen LogP) is 5.05. The third kappa shape index (κ3) is 4.49. The Bertz CT molecular complexity index is 512. The van der Waals surface area contributed by atoms with Gasteiger partial charge >= 0.3 is 6.09 Å². The van der Waals surface area contributed by atoms with Crippen LogP contribution in [-0.4, -0.2) is 17.7 Å². The molecule has 1 aromatic rings. The summed E-state index contributed by atoms with van der Waals surface area (Å²) in [5.74, 6) is 0.524. The normalized spacial score (nSPS) is 18.2. The molecule has 1 N–H and O–H groups in total. The summed E-state index contributed by atoms with van der Waals surface area (Å²) < 4.78 is 5.50. The van der Waals surface area contributed by atoms with E-state index >= 15 is 0 Å². The molecule has 1 aromatic carbocycles. The lowest BCUT2D eigenvalue weighted by atomic mass is 9.59. The van der Waals surface area contributed by atoms with Crippen LogP contribution in [0.15, 0.2) is 30.3 Å². The minimum Gasteiger partial charge on any atom is -0.444 e. The van der Waals surface area contributed by atoms with Gasteiger partial charge < -0.3 is 10.1 Å². The van der Waals surface area contributed by atoms with Crippen molar-refractivity contribution in [1.29, 1.82) is 0 Å². The van der Waals surface area contributed by atoms with Gasteiger partial charge in [0.15, 0.2) is 0 Å². The van der Waals surface area contributed by atoms with Crippen LogP contribution in [0.1, 0.15) is 65.9 Å². The number of carbonyl (C=O) groups excluding carboxylic acids is 1. The van der Waals surface area contributed by atoms with Crippen molar-refractivity contribution < 1.29 is 9.53 Å². The summed E-state index contributed by atoms with van der Waals surface area (Å²) in [5.41, 5.74) is 0.932. The van der Waals surface area contributed by atoms with Crippen LogP contribution in [0, 0.1) is 5.92 Å². The average Bonchev–Trinajstić information content (AvgIpc) is 2.35. The molecular weight excluding hydrogens is 286 g/mol. The Morgan fingerprint density at radius 3 is 2.26 bits per heavy atom. The highest BCUT2D eigenvalue weighted by molar-refractivity contribution is 5.68. The smallest absolute Gasteiger partial charge is 0.407 e. The molecule has 1 atom stereocenters. The topological polar surface area (TPSA) is 38.3 Å². The number of alkyl carbamates (subject to hydrolysis) is 1. The van der Waals surface area contributed by atoms with Crippen molar-refractivity contribution in [2.24, 2.45) is 5.92 Å². The van der Waals surface area contributed by atoms with E-state index in [0.717, 1.165) is 19.3 Å². The molecule has 0 saturated heterocycles. The number of hydrogen-bond donors (Lipinski definition) is 1. The van der Waals surface area contributed by atoms with Crippen LogP contribution in [0.25, 0.3) is 0 Å². The molecule has 1 aliphatic carbocycles. The molecule has 1 unspecified atom stereocenters. The molecule has 1 amide bonds. The molecule has 1 saturated carbocycles. The first-order valence-electron chi connectivity index (χ1n) is 8.78. The van der Waals surface area contributed by atoms with E-state index in [4.69, 9.17) is 4.74 Å². The van der Waals surface area contributed by atoms with E-state index in [1.165, 1.54) is 12.0 Å². The largest absolute Gasteiger partial charge is 0.444 e. The maximum atomic E-state index is 12.3. The lowest BCUT2D eigenvalue weighted by Gasteiger charge is -2.49. The second kappa shape index (κ2) is 6.94. The maximum absolute atomic E-state index is 12.3. The van der Waals surface area contributed by atoms with Gasteiger partial charge in [-0.05, 0) is 51.5 Å². The van der Waals surface area contributed by atoms with Gasteiger partial charge in [0.25, 0.3) is 0 Å². The third-order valence-corrected chi connectivity index (χ3v) is 4.66. The molecule has 0 heterocycles. The van der Waals surface area contributed by atoms with Crippen molar-refractivity contribution in [3.63, 3.8) is 0 Å². The molecule has 0 bridgehead atoms. The summed E-state index contributed by atoms with van der Waals surface area (Å²) in [6.45, 7) is 10.1. The van der Waals surface area contributed by atoms with Crippen molar-refractivity contribution in [3.8, 4) is 0 Å². The average molecular weight is 317 g/mol. The van der Waals surface area contributed by atoms with Crippen molar-refractivity contribution in [2.75, 3.05) is 0 Å². The number of benzene rings is 1. The third-order valence-electron chi connectivity index (χ3n) is 4.66. The molecule has 3 nitrogen and oxygen atoms in total. The van der Waals surface area contributed by atoms with Crippen LogP contribution < -0.4 is 5.32 Å². The molecule has 0 aliphatic heterocycles. The zero-order chi connectivity index (χ0) is 17.1. The van der Waals surface area contributed by atoms with Gasteiger partial charge in [-0.15, -0.1) is 0 Å². The van der Waals surface area contributed by atoms with Gasteiger partial charge in [-0.2, -0.15) is 0 Å². The first-order valence-corrected chi connectivity index (χ1v) is 8.78. The standard InChI is InChI=1S/C20H31NO2/c1-15(2)14-17(21-18(22)23-19(3,4)5)20(12-9-13-20)16-10-7-6-8-11-16/h6-8,10-11,15,17H,9,12-14H2,1-5H3,(H,21,22). The van der Waals surface area contributed by atoms with E-state index in [-0.39, 0.29) is 17.6 Å². The van der Waals surface area contributed by atoms with Crippen molar-refractivity contribution in [3.05, 3.63) is 35.9 Å². The highest BCUT2D eigenvalue weighted by atomic mass is 16.6. The number of ether oxygens (including phenoxy) is 1. The minimum absolute atomic E-state index is 0.0580. The predicted molar refractivity (Wildman–Crippen MR) is 94.6 cm³/mol. The van der Waals surface area contributed by atoms with E-state index in [1.54, 1.807) is 0 Å². The van der Waals surface area contributed by atoms with Crippen molar-refractivity contribution >= 4 is 6.09 Å². The Labute approximate surface area is 140 Å². The van der Waals surface area contributed by atoms with E-state index < -0.39 is 5.60 Å². The van der Waals surface area contributed by atoms with E-state index in [0.29, 0.717) is 5.92 Å². The molecule has 1 aliphatic rings. The second-order valence-corrected chi connectivity index (χ2v) is 8.20. The Morgan fingerprint density at radius 1 is 1.22 bits per heavy atom. The SMILES string of the molecule is CC(C)CC(NC(=O)OC(C)(C)C)C1(c2ccccc2)CCC1. The van der Waals surface area contributed by atoms with Gasteiger partial charge in [-0.25, -0.2) is 4.79 Å². The summed E-state index contributed by atoms with van der Waals surface area (Å²) >= 11 is 0. The maximum Gasteiger partial charge on any atom is 0.407 e. The Balaban J connectivity index is 2.21. The van der Waals surface area contributed by atoms with Crippen LogP contribution in [0.5, 0.6) is 0 Å². The molecule has 0 radical (unpaired) electrons. The van der Waals surface area contributed by atoms with Crippen LogP contribution in [0.2, 0.25) is 0 Å². The van der Waals surface area contributed by atoms with Gasteiger partial charge in [0.2, 0.25) is 0 Å². The van der Waals surface area contributed by atoms with Crippen molar-refractivity contribution in [2.45, 2.75) is 77.4 Å². The monoisotopic (exact) mass is 317 g/mol. The van der Waals surface area contributed by atoms with Gasteiger partial charge in [0.05, 0.1) is 0 Å². The molecule has 2 rings (SSSR count). The van der Waals surface area contributed by atoms with Gasteiger partial charge in [0, 0.05) is 11.5 Å². The molecule has 23 heavy (non-hydrogen) atoms. The fraction of sp³-hybridized carbons (Fsp3) is 0.650. The van der Waals surface area contributed by atoms with Crippen LogP contribution in [0.3, 0.4) is 0 Å². The van der Waals surface area contributed by atoms with Crippen LogP contribution in [-0.2, 0) is 10.2 Å². The summed E-state index contributed by atoms with van der Waals surface area (Å²) in [6, 6.07) is 10.7. The van der Waals surface area contributed by atoms with Gasteiger partial charge in [-0.3, -0.25) is 0 Å². The van der Waals surface area contributed by atoms with Gasteiger partial charge in [-0.1, -0.05) is 50.6 Å². The first kappa shape index (κ1) is 17.8. The zero-order valence-electron chi connectivity index (χ0n) is 15.2. The quantitative estimate of drug-likeness (QED) is 0.825. The lowest BCUT2D eigenvalue weighted by Crippen LogP contribution is -2.55. The second-order valence-electron chi connectivity index (χ2n) is 8.20. The van der Waals surface area contributed by atoms with E-state index in [1.807, 2.05) is 20.8 Å². The number of nitrogens with one attached hydrogen (secondary N) is 1. The molecule has 3 heteroatoms. The number of amides is 1. The minimum atomic E-state index is -0.466. The molecular formula is C20H31NO2. The molecule has 128 valence electrons. The molecule has 0 spiro atoms. The fourth-order valence-corrected chi connectivity index (χ4v) is 3.51. The summed E-state index contributed by atoms with van der Waals surface area (Å²) in [4.78, 5) is 12.3.